The molecule has 2 aliphatic rings. The molecule has 10 heteroatoms. The third kappa shape index (κ3) is 8.45. The quantitative estimate of drug-likeness (QED) is 0.256. The number of benzene rings is 2. The zero-order valence-corrected chi connectivity index (χ0v) is 25.3. The maximum atomic E-state index is 13.6. The van der Waals surface area contributed by atoms with Crippen LogP contribution < -0.4 is 15.2 Å². The molecule has 0 amide bonds. The first-order valence-corrected chi connectivity index (χ1v) is 14.4. The van der Waals surface area contributed by atoms with Crippen LogP contribution in [-0.2, 0) is 23.7 Å². The molecule has 0 aliphatic carbocycles. The Bertz CT molecular complexity index is 1310. The Kier molecular flexibility index (Phi) is 11.0. The second kappa shape index (κ2) is 14.7. The first-order valence-electron chi connectivity index (χ1n) is 14.4. The van der Waals surface area contributed by atoms with E-state index in [1.165, 1.54) is 7.11 Å². The van der Waals surface area contributed by atoms with Gasteiger partial charge in [-0.3, -0.25) is 0 Å². The van der Waals surface area contributed by atoms with E-state index in [-0.39, 0.29) is 30.6 Å². The van der Waals surface area contributed by atoms with Crippen molar-refractivity contribution in [2.75, 3.05) is 27.1 Å². The van der Waals surface area contributed by atoms with E-state index in [0.717, 1.165) is 0 Å². The van der Waals surface area contributed by atoms with Crippen LogP contribution in [0.3, 0.4) is 0 Å². The smallest absolute Gasteiger partial charge is 0.342 e. The fourth-order valence-electron chi connectivity index (χ4n) is 4.87. The maximum absolute atomic E-state index is 13.6. The zero-order valence-electron chi connectivity index (χ0n) is 25.3. The van der Waals surface area contributed by atoms with Crippen molar-refractivity contribution in [2.45, 2.75) is 64.3 Å². The van der Waals surface area contributed by atoms with Crippen molar-refractivity contribution < 1.29 is 42.7 Å². The SMILES string of the molecule is COCOc1cc(OCCN)cc2c1C(=O)O[C@@H](C)[C@H](C)/C=C\C(OC(=O)c1ccccc1)C1OC(C)(C)O[C@H]1C/C=C/2. The summed E-state index contributed by atoms with van der Waals surface area (Å²) in [4.78, 5) is 26.7. The summed E-state index contributed by atoms with van der Waals surface area (Å²) < 4.78 is 41.1. The summed E-state index contributed by atoms with van der Waals surface area (Å²) in [5.74, 6) is -1.46. The highest BCUT2D eigenvalue weighted by molar-refractivity contribution is 5.97. The monoisotopic (exact) mass is 595 g/mol. The molecule has 2 unspecified atom stereocenters. The summed E-state index contributed by atoms with van der Waals surface area (Å²) in [6, 6.07) is 12.1. The molecule has 0 radical (unpaired) electrons. The van der Waals surface area contributed by atoms with Gasteiger partial charge in [0.1, 0.15) is 42.0 Å². The Morgan fingerprint density at radius 3 is 2.56 bits per heavy atom. The molecule has 0 spiro atoms. The minimum Gasteiger partial charge on any atom is -0.492 e. The van der Waals surface area contributed by atoms with E-state index in [2.05, 4.69) is 0 Å². The molecule has 2 N–H and O–H groups in total. The average molecular weight is 596 g/mol. The molecule has 232 valence electrons. The molecule has 2 aromatic rings. The largest absolute Gasteiger partial charge is 0.492 e. The molecule has 4 rings (SSSR count). The lowest BCUT2D eigenvalue weighted by atomic mass is 9.98. The van der Waals surface area contributed by atoms with Crippen LogP contribution in [0.1, 0.15) is 60.4 Å². The fraction of sp³-hybridized carbons (Fsp3) is 0.455. The van der Waals surface area contributed by atoms with Crippen molar-refractivity contribution in [2.24, 2.45) is 11.7 Å². The van der Waals surface area contributed by atoms with Crippen molar-refractivity contribution in [3.05, 3.63) is 77.4 Å². The number of carbonyl (C=O) groups is 2. The van der Waals surface area contributed by atoms with Crippen molar-refractivity contribution in [1.29, 1.82) is 0 Å². The van der Waals surface area contributed by atoms with Gasteiger partial charge in [0.2, 0.25) is 0 Å². The molecule has 2 heterocycles. The van der Waals surface area contributed by atoms with E-state index in [1.54, 1.807) is 55.5 Å². The van der Waals surface area contributed by atoms with Gasteiger partial charge in [-0.15, -0.1) is 0 Å². The molecule has 1 fully saturated rings. The Balaban J connectivity index is 1.74. The lowest BCUT2D eigenvalue weighted by molar-refractivity contribution is -0.152. The van der Waals surface area contributed by atoms with E-state index < -0.39 is 42.1 Å². The molecular formula is C33H41NO9. The van der Waals surface area contributed by atoms with Crippen LogP contribution in [0.2, 0.25) is 0 Å². The van der Waals surface area contributed by atoms with E-state index in [0.29, 0.717) is 29.8 Å². The van der Waals surface area contributed by atoms with Gasteiger partial charge >= 0.3 is 11.9 Å². The van der Waals surface area contributed by atoms with E-state index in [1.807, 2.05) is 39.0 Å². The molecule has 5 atom stereocenters. The Morgan fingerprint density at radius 2 is 1.84 bits per heavy atom. The van der Waals surface area contributed by atoms with Crippen molar-refractivity contribution in [3.8, 4) is 11.5 Å². The van der Waals surface area contributed by atoms with Gasteiger partial charge in [-0.2, -0.15) is 0 Å². The number of methoxy groups -OCH3 is 1. The lowest BCUT2D eigenvalue weighted by Gasteiger charge is -2.25. The van der Waals surface area contributed by atoms with E-state index in [4.69, 9.17) is 38.9 Å². The van der Waals surface area contributed by atoms with Crippen LogP contribution in [0.15, 0.2) is 60.7 Å². The van der Waals surface area contributed by atoms with Crippen molar-refractivity contribution >= 4 is 18.0 Å². The number of rotatable bonds is 8. The average Bonchev–Trinajstić information content (AvgIpc) is 3.30. The van der Waals surface area contributed by atoms with Crippen molar-refractivity contribution in [3.63, 3.8) is 0 Å². The van der Waals surface area contributed by atoms with Crippen LogP contribution in [0, 0.1) is 5.92 Å². The first kappa shape index (κ1) is 32.2. The van der Waals surface area contributed by atoms with Gasteiger partial charge in [0.25, 0.3) is 0 Å². The minimum absolute atomic E-state index is 0.0778. The van der Waals surface area contributed by atoms with Gasteiger partial charge in [0, 0.05) is 25.6 Å². The number of hydrogen-bond acceptors (Lipinski definition) is 10. The molecule has 0 bridgehead atoms. The third-order valence-corrected chi connectivity index (χ3v) is 7.13. The van der Waals surface area contributed by atoms with Gasteiger partial charge in [-0.1, -0.05) is 43.4 Å². The van der Waals surface area contributed by atoms with Crippen LogP contribution in [0.25, 0.3) is 6.08 Å². The Hall–Kier alpha value is -3.70. The number of esters is 2. The predicted octanol–water partition coefficient (Wildman–Crippen LogP) is 4.91. The van der Waals surface area contributed by atoms with Gasteiger partial charge in [-0.05, 0) is 57.0 Å². The number of nitrogens with two attached hydrogens (primary N) is 1. The van der Waals surface area contributed by atoms with Gasteiger partial charge < -0.3 is 38.9 Å². The predicted molar refractivity (Wildman–Crippen MR) is 160 cm³/mol. The fourth-order valence-corrected chi connectivity index (χ4v) is 4.87. The molecule has 0 saturated carbocycles. The summed E-state index contributed by atoms with van der Waals surface area (Å²) in [6.45, 7) is 7.88. The number of cyclic esters (lactones) is 1. The molecule has 2 aliphatic heterocycles. The summed E-state index contributed by atoms with van der Waals surface area (Å²) in [5.41, 5.74) is 6.84. The standard InChI is InChI=1S/C33H41NO9/c1-21-14-15-26(41-31(35)23-10-7-6-8-11-23)30-27(42-33(3,4)43-30)13-9-12-24-18-25(38-17-16-34)19-28(39-20-37-5)29(24)32(36)40-22(21)2/h6-12,14-15,18-19,21-22,26-27,30H,13,16-17,20,34H2,1-5H3/b12-9+,15-14-/t21-,22+,26?,27+,30?/m1/s1. The summed E-state index contributed by atoms with van der Waals surface area (Å²) in [6.07, 6.45) is 5.34. The van der Waals surface area contributed by atoms with Crippen LogP contribution in [0.5, 0.6) is 11.5 Å². The topological polar surface area (TPSA) is 125 Å². The molecular weight excluding hydrogens is 554 g/mol. The second-order valence-corrected chi connectivity index (χ2v) is 10.9. The van der Waals surface area contributed by atoms with Crippen molar-refractivity contribution in [1.82, 2.24) is 0 Å². The third-order valence-electron chi connectivity index (χ3n) is 7.13. The highest BCUT2D eigenvalue weighted by atomic mass is 16.8. The molecule has 2 aromatic carbocycles. The number of carbonyl (C=O) groups excluding carboxylic acids is 2. The molecule has 43 heavy (non-hydrogen) atoms. The summed E-state index contributed by atoms with van der Waals surface area (Å²) in [5, 5.41) is 0. The zero-order chi connectivity index (χ0) is 31.0. The van der Waals surface area contributed by atoms with E-state index >= 15 is 0 Å². The lowest BCUT2D eigenvalue weighted by Crippen LogP contribution is -2.37. The number of hydrogen-bond donors (Lipinski definition) is 1. The van der Waals surface area contributed by atoms with Crippen LogP contribution >= 0.6 is 0 Å². The van der Waals surface area contributed by atoms with Gasteiger partial charge in [0.05, 0.1) is 11.7 Å². The van der Waals surface area contributed by atoms with Crippen LogP contribution in [-0.4, -0.2) is 69.2 Å². The molecule has 0 aromatic heterocycles. The second-order valence-electron chi connectivity index (χ2n) is 10.9. The Labute approximate surface area is 252 Å². The van der Waals surface area contributed by atoms with Gasteiger partial charge in [0.15, 0.2) is 12.6 Å². The molecule has 1 saturated heterocycles. The van der Waals surface area contributed by atoms with E-state index in [9.17, 15) is 9.59 Å². The first-order chi connectivity index (χ1) is 20.6. The van der Waals surface area contributed by atoms with Crippen LogP contribution in [0.4, 0.5) is 0 Å². The summed E-state index contributed by atoms with van der Waals surface area (Å²) >= 11 is 0. The van der Waals surface area contributed by atoms with Gasteiger partial charge in [-0.25, -0.2) is 9.59 Å². The maximum Gasteiger partial charge on any atom is 0.342 e. The minimum atomic E-state index is -0.914. The number of ether oxygens (including phenoxy) is 7. The molecule has 10 nitrogen and oxygen atoms in total. The normalized spacial score (nSPS) is 26.7. The Morgan fingerprint density at radius 1 is 1.07 bits per heavy atom. The highest BCUT2D eigenvalue weighted by Gasteiger charge is 2.45. The summed E-state index contributed by atoms with van der Waals surface area (Å²) in [7, 11) is 1.49. The highest BCUT2D eigenvalue weighted by Crippen LogP contribution is 2.36. The number of fused-ring (bicyclic) bond motifs is 2.